The van der Waals surface area contributed by atoms with Gasteiger partial charge >= 0.3 is 0 Å². The minimum atomic E-state index is 0.364. The normalized spacial score (nSPS) is 24.9. The summed E-state index contributed by atoms with van der Waals surface area (Å²) in [6.45, 7) is 10.8. The summed E-state index contributed by atoms with van der Waals surface area (Å²) < 4.78 is 5.94. The molecule has 0 aromatic heterocycles. The van der Waals surface area contributed by atoms with Gasteiger partial charge in [-0.2, -0.15) is 0 Å². The van der Waals surface area contributed by atoms with Crippen molar-refractivity contribution < 1.29 is 4.74 Å². The lowest BCUT2D eigenvalue weighted by molar-refractivity contribution is -0.0497. The van der Waals surface area contributed by atoms with Crippen molar-refractivity contribution in [2.75, 3.05) is 33.3 Å². The minimum Gasteiger partial charge on any atom is -0.374 e. The molecule has 1 aliphatic rings. The molecule has 1 aliphatic heterocycles. The zero-order valence-corrected chi connectivity index (χ0v) is 11.3. The Bertz CT molecular complexity index is 183. The van der Waals surface area contributed by atoms with Crippen molar-refractivity contribution in [3.05, 3.63) is 0 Å². The molecule has 0 bridgehead atoms. The minimum absolute atomic E-state index is 0.364. The monoisotopic (exact) mass is 228 g/mol. The first kappa shape index (κ1) is 13.9. The molecular formula is C13H28N2O. The van der Waals surface area contributed by atoms with Gasteiger partial charge < -0.3 is 15.0 Å². The molecule has 3 heteroatoms. The molecule has 3 nitrogen and oxygen atoms in total. The summed E-state index contributed by atoms with van der Waals surface area (Å²) in [5, 5.41) is 3.62. The van der Waals surface area contributed by atoms with E-state index in [1.165, 1.54) is 12.8 Å². The van der Waals surface area contributed by atoms with E-state index in [1.807, 2.05) is 0 Å². The Labute approximate surface area is 101 Å². The number of likely N-dealkylation sites (N-methyl/N-ethyl adjacent to an activating group) is 2. The van der Waals surface area contributed by atoms with Gasteiger partial charge in [0.15, 0.2) is 0 Å². The predicted octanol–water partition coefficient (Wildman–Crippen LogP) is 1.73. The standard InChI is InChI=1S/C13H28N2O/c1-5-11(6-2)13(14-7-3)12-10-15(4)8-9-16-12/h11-14H,5-10H2,1-4H3. The fourth-order valence-electron chi connectivity index (χ4n) is 2.66. The van der Waals surface area contributed by atoms with Crippen molar-refractivity contribution in [3.8, 4) is 0 Å². The quantitative estimate of drug-likeness (QED) is 0.749. The molecule has 0 radical (unpaired) electrons. The fraction of sp³-hybridized carbons (Fsp3) is 1.00. The average molecular weight is 228 g/mol. The second-order valence-electron chi connectivity index (χ2n) is 4.83. The third-order valence-electron chi connectivity index (χ3n) is 3.69. The topological polar surface area (TPSA) is 24.5 Å². The lowest BCUT2D eigenvalue weighted by atomic mass is 9.89. The van der Waals surface area contributed by atoms with Crippen molar-refractivity contribution in [1.82, 2.24) is 10.2 Å². The Morgan fingerprint density at radius 2 is 2.00 bits per heavy atom. The second kappa shape index (κ2) is 7.25. The van der Waals surface area contributed by atoms with Crippen molar-refractivity contribution in [2.45, 2.75) is 45.8 Å². The zero-order chi connectivity index (χ0) is 12.0. The maximum absolute atomic E-state index is 5.94. The molecular weight excluding hydrogens is 200 g/mol. The molecule has 2 atom stereocenters. The highest BCUT2D eigenvalue weighted by atomic mass is 16.5. The van der Waals surface area contributed by atoms with Crippen molar-refractivity contribution >= 4 is 0 Å². The van der Waals surface area contributed by atoms with Gasteiger partial charge in [-0.25, -0.2) is 0 Å². The van der Waals surface area contributed by atoms with E-state index in [4.69, 9.17) is 4.74 Å². The van der Waals surface area contributed by atoms with Gasteiger partial charge in [0.2, 0.25) is 0 Å². The summed E-state index contributed by atoms with van der Waals surface area (Å²) in [7, 11) is 2.19. The molecule has 0 aliphatic carbocycles. The largest absolute Gasteiger partial charge is 0.374 e. The van der Waals surface area contributed by atoms with Crippen LogP contribution in [-0.4, -0.2) is 50.3 Å². The number of ether oxygens (including phenoxy) is 1. The van der Waals surface area contributed by atoms with Crippen LogP contribution in [0.15, 0.2) is 0 Å². The predicted molar refractivity (Wildman–Crippen MR) is 68.8 cm³/mol. The van der Waals surface area contributed by atoms with Gasteiger partial charge in [-0.05, 0) is 19.5 Å². The van der Waals surface area contributed by atoms with Gasteiger partial charge in [-0.15, -0.1) is 0 Å². The van der Waals surface area contributed by atoms with Gasteiger partial charge in [-0.1, -0.05) is 33.6 Å². The molecule has 1 fully saturated rings. The van der Waals surface area contributed by atoms with Crippen molar-refractivity contribution in [1.29, 1.82) is 0 Å². The van der Waals surface area contributed by atoms with Crippen LogP contribution < -0.4 is 5.32 Å². The highest BCUT2D eigenvalue weighted by Gasteiger charge is 2.30. The van der Waals surface area contributed by atoms with Crippen LogP contribution in [0.5, 0.6) is 0 Å². The van der Waals surface area contributed by atoms with Crippen LogP contribution in [-0.2, 0) is 4.74 Å². The maximum atomic E-state index is 5.94. The first-order valence-corrected chi connectivity index (χ1v) is 6.76. The SMILES string of the molecule is CCNC(C(CC)CC)C1CN(C)CCO1. The molecule has 0 saturated carbocycles. The van der Waals surface area contributed by atoms with E-state index in [1.54, 1.807) is 0 Å². The van der Waals surface area contributed by atoms with Gasteiger partial charge in [0.05, 0.1) is 12.7 Å². The van der Waals surface area contributed by atoms with Crippen molar-refractivity contribution in [3.63, 3.8) is 0 Å². The van der Waals surface area contributed by atoms with E-state index < -0.39 is 0 Å². The first-order chi connectivity index (χ1) is 7.72. The molecule has 16 heavy (non-hydrogen) atoms. The summed E-state index contributed by atoms with van der Waals surface area (Å²) in [5.74, 6) is 0.733. The molecule has 1 N–H and O–H groups in total. The third kappa shape index (κ3) is 3.72. The van der Waals surface area contributed by atoms with Crippen LogP contribution in [0.4, 0.5) is 0 Å². The number of nitrogens with zero attached hydrogens (tertiary/aromatic N) is 1. The van der Waals surface area contributed by atoms with E-state index in [0.29, 0.717) is 12.1 Å². The van der Waals surface area contributed by atoms with Crippen LogP contribution in [0.2, 0.25) is 0 Å². The summed E-state index contributed by atoms with van der Waals surface area (Å²) in [6, 6.07) is 0.516. The summed E-state index contributed by atoms with van der Waals surface area (Å²) in [6.07, 6.45) is 2.83. The molecule has 2 unspecified atom stereocenters. The lowest BCUT2D eigenvalue weighted by Crippen LogP contribution is -2.54. The van der Waals surface area contributed by atoms with Gasteiger partial charge in [-0.3, -0.25) is 0 Å². The third-order valence-corrected chi connectivity index (χ3v) is 3.69. The number of nitrogens with one attached hydrogen (secondary N) is 1. The molecule has 0 amide bonds. The van der Waals surface area contributed by atoms with E-state index in [2.05, 4.69) is 38.0 Å². The van der Waals surface area contributed by atoms with Crippen LogP contribution in [0.3, 0.4) is 0 Å². The van der Waals surface area contributed by atoms with Crippen LogP contribution >= 0.6 is 0 Å². The van der Waals surface area contributed by atoms with Gasteiger partial charge in [0.1, 0.15) is 0 Å². The van der Waals surface area contributed by atoms with E-state index >= 15 is 0 Å². The summed E-state index contributed by atoms with van der Waals surface area (Å²) in [4.78, 5) is 2.38. The Balaban J connectivity index is 2.59. The first-order valence-electron chi connectivity index (χ1n) is 6.76. The van der Waals surface area contributed by atoms with Crippen molar-refractivity contribution in [2.24, 2.45) is 5.92 Å². The Hall–Kier alpha value is -0.120. The lowest BCUT2D eigenvalue weighted by Gasteiger charge is -2.38. The molecule has 0 aromatic rings. The van der Waals surface area contributed by atoms with Crippen LogP contribution in [0.25, 0.3) is 0 Å². The summed E-state index contributed by atoms with van der Waals surface area (Å²) in [5.41, 5.74) is 0. The smallest absolute Gasteiger partial charge is 0.0857 e. The Morgan fingerprint density at radius 1 is 1.31 bits per heavy atom. The zero-order valence-electron chi connectivity index (χ0n) is 11.3. The van der Waals surface area contributed by atoms with Gasteiger partial charge in [0, 0.05) is 19.1 Å². The average Bonchev–Trinajstić information content (AvgIpc) is 2.29. The van der Waals surface area contributed by atoms with Crippen LogP contribution in [0.1, 0.15) is 33.6 Å². The molecule has 0 spiro atoms. The number of hydrogen-bond acceptors (Lipinski definition) is 3. The number of hydrogen-bond donors (Lipinski definition) is 1. The van der Waals surface area contributed by atoms with Gasteiger partial charge in [0.25, 0.3) is 0 Å². The van der Waals surface area contributed by atoms with E-state index in [-0.39, 0.29) is 0 Å². The fourth-order valence-corrected chi connectivity index (χ4v) is 2.66. The molecule has 96 valence electrons. The molecule has 1 heterocycles. The highest BCUT2D eigenvalue weighted by molar-refractivity contribution is 4.86. The second-order valence-corrected chi connectivity index (χ2v) is 4.83. The van der Waals surface area contributed by atoms with E-state index in [0.717, 1.165) is 32.2 Å². The molecule has 1 saturated heterocycles. The number of morpholine rings is 1. The maximum Gasteiger partial charge on any atom is 0.0857 e. The number of rotatable bonds is 6. The Morgan fingerprint density at radius 3 is 2.50 bits per heavy atom. The highest BCUT2D eigenvalue weighted by Crippen LogP contribution is 2.20. The molecule has 0 aromatic carbocycles. The van der Waals surface area contributed by atoms with Crippen LogP contribution in [0, 0.1) is 5.92 Å². The molecule has 1 rings (SSSR count). The Kier molecular flexibility index (Phi) is 6.32. The summed E-state index contributed by atoms with van der Waals surface area (Å²) >= 11 is 0. The van der Waals surface area contributed by atoms with E-state index in [9.17, 15) is 0 Å².